The molecule has 0 aliphatic heterocycles. The van der Waals surface area contributed by atoms with Gasteiger partial charge in [-0.15, -0.1) is 0 Å². The van der Waals surface area contributed by atoms with Crippen molar-refractivity contribution in [3.8, 4) is 0 Å². The van der Waals surface area contributed by atoms with E-state index < -0.39 is 17.9 Å². The SMILES string of the molecule is CN(Cc1cnc2nc(N)nc(N)c2n1)c1ccc(C(=O)N[C@@H](CCCCN)C(=O)O)cc1. The Morgan fingerprint density at radius 3 is 2.52 bits per heavy atom. The lowest BCUT2D eigenvalue weighted by molar-refractivity contribution is -0.139. The second-order valence-corrected chi connectivity index (χ2v) is 7.55. The van der Waals surface area contributed by atoms with Gasteiger partial charge in [0.25, 0.3) is 5.91 Å². The summed E-state index contributed by atoms with van der Waals surface area (Å²) >= 11 is 0. The number of carboxylic acids is 1. The molecule has 3 rings (SSSR count). The van der Waals surface area contributed by atoms with Crippen LogP contribution in [0.2, 0.25) is 0 Å². The first-order valence-corrected chi connectivity index (χ1v) is 10.4. The third-order valence-corrected chi connectivity index (χ3v) is 5.02. The van der Waals surface area contributed by atoms with Crippen LogP contribution in [0.5, 0.6) is 0 Å². The van der Waals surface area contributed by atoms with Gasteiger partial charge in [0.2, 0.25) is 5.95 Å². The zero-order valence-corrected chi connectivity index (χ0v) is 18.2. The van der Waals surface area contributed by atoms with E-state index in [1.165, 1.54) is 0 Å². The number of carbonyl (C=O) groups excluding carboxylic acids is 1. The molecule has 0 aliphatic carbocycles. The minimum atomic E-state index is -1.07. The van der Waals surface area contributed by atoms with E-state index in [1.54, 1.807) is 30.5 Å². The molecule has 174 valence electrons. The van der Waals surface area contributed by atoms with Crippen LogP contribution in [0.15, 0.2) is 30.5 Å². The second-order valence-electron chi connectivity index (χ2n) is 7.55. The minimum Gasteiger partial charge on any atom is -0.480 e. The van der Waals surface area contributed by atoms with Crippen LogP contribution in [-0.4, -0.2) is 56.6 Å². The Morgan fingerprint density at radius 1 is 1.12 bits per heavy atom. The fourth-order valence-corrected chi connectivity index (χ4v) is 3.25. The van der Waals surface area contributed by atoms with Crippen LogP contribution in [-0.2, 0) is 11.3 Å². The smallest absolute Gasteiger partial charge is 0.326 e. The Hall–Kier alpha value is -4.06. The summed E-state index contributed by atoms with van der Waals surface area (Å²) in [6.07, 6.45) is 3.24. The van der Waals surface area contributed by atoms with Crippen LogP contribution in [0.3, 0.4) is 0 Å². The van der Waals surface area contributed by atoms with Crippen molar-refractivity contribution in [2.45, 2.75) is 31.8 Å². The Bertz CT molecular complexity index is 1140. The third-order valence-electron chi connectivity index (χ3n) is 5.02. The van der Waals surface area contributed by atoms with Crippen LogP contribution in [0.4, 0.5) is 17.5 Å². The number of aliphatic carboxylic acids is 1. The molecule has 2 aromatic heterocycles. The number of nitrogens with zero attached hydrogens (tertiary/aromatic N) is 5. The highest BCUT2D eigenvalue weighted by atomic mass is 16.4. The molecule has 0 saturated heterocycles. The van der Waals surface area contributed by atoms with E-state index in [1.807, 2.05) is 11.9 Å². The van der Waals surface area contributed by atoms with Gasteiger partial charge in [-0.25, -0.2) is 14.8 Å². The summed E-state index contributed by atoms with van der Waals surface area (Å²) in [5.41, 5.74) is 19.4. The fourth-order valence-electron chi connectivity index (χ4n) is 3.25. The summed E-state index contributed by atoms with van der Waals surface area (Å²) < 4.78 is 0. The van der Waals surface area contributed by atoms with Gasteiger partial charge in [0, 0.05) is 18.3 Å². The fraction of sp³-hybridized carbons (Fsp3) is 0.333. The molecule has 0 fully saturated rings. The van der Waals surface area contributed by atoms with Gasteiger partial charge in [-0.2, -0.15) is 9.97 Å². The molecule has 1 amide bonds. The number of nitrogens with two attached hydrogens (primary N) is 3. The highest BCUT2D eigenvalue weighted by Gasteiger charge is 2.20. The average Bonchev–Trinajstić information content (AvgIpc) is 2.78. The Kier molecular flexibility index (Phi) is 7.51. The number of aromatic nitrogens is 4. The zero-order chi connectivity index (χ0) is 24.0. The lowest BCUT2D eigenvalue weighted by Gasteiger charge is -2.19. The molecule has 0 aliphatic rings. The molecule has 0 bridgehead atoms. The predicted molar refractivity (Wildman–Crippen MR) is 124 cm³/mol. The van der Waals surface area contributed by atoms with Gasteiger partial charge >= 0.3 is 5.97 Å². The molecule has 0 unspecified atom stereocenters. The predicted octanol–water partition coefficient (Wildman–Crippen LogP) is 0.533. The first-order valence-electron chi connectivity index (χ1n) is 10.4. The number of carbonyl (C=O) groups is 2. The summed E-state index contributed by atoms with van der Waals surface area (Å²) in [6.45, 7) is 0.899. The lowest BCUT2D eigenvalue weighted by Crippen LogP contribution is -2.40. The zero-order valence-electron chi connectivity index (χ0n) is 18.2. The summed E-state index contributed by atoms with van der Waals surface area (Å²) in [4.78, 5) is 42.4. The number of rotatable bonds is 10. The highest BCUT2D eigenvalue weighted by molar-refractivity contribution is 5.96. The summed E-state index contributed by atoms with van der Waals surface area (Å²) in [5, 5.41) is 11.9. The second kappa shape index (κ2) is 10.5. The minimum absolute atomic E-state index is 0.0357. The molecule has 3 aromatic rings. The van der Waals surface area contributed by atoms with Gasteiger partial charge in [-0.1, -0.05) is 0 Å². The van der Waals surface area contributed by atoms with Crippen molar-refractivity contribution < 1.29 is 14.7 Å². The average molecular weight is 454 g/mol. The van der Waals surface area contributed by atoms with Crippen molar-refractivity contribution in [1.82, 2.24) is 25.3 Å². The van der Waals surface area contributed by atoms with Crippen LogP contribution in [0.1, 0.15) is 35.3 Å². The monoisotopic (exact) mass is 453 g/mol. The molecular weight excluding hydrogens is 426 g/mol. The van der Waals surface area contributed by atoms with E-state index in [2.05, 4.69) is 25.3 Å². The third kappa shape index (κ3) is 6.01. The molecule has 0 spiro atoms. The van der Waals surface area contributed by atoms with Crippen molar-refractivity contribution in [3.63, 3.8) is 0 Å². The number of unbranched alkanes of at least 4 members (excludes halogenated alkanes) is 1. The number of hydrogen-bond donors (Lipinski definition) is 5. The van der Waals surface area contributed by atoms with Gasteiger partial charge in [-0.3, -0.25) is 4.79 Å². The largest absolute Gasteiger partial charge is 0.480 e. The number of fused-ring (bicyclic) bond motifs is 1. The molecule has 12 nitrogen and oxygen atoms in total. The molecule has 0 radical (unpaired) electrons. The molecule has 0 saturated carbocycles. The quantitative estimate of drug-likeness (QED) is 0.268. The van der Waals surface area contributed by atoms with Crippen LogP contribution < -0.4 is 27.4 Å². The van der Waals surface area contributed by atoms with E-state index in [0.717, 1.165) is 5.69 Å². The Morgan fingerprint density at radius 2 is 1.85 bits per heavy atom. The van der Waals surface area contributed by atoms with Crippen molar-refractivity contribution in [1.29, 1.82) is 0 Å². The summed E-state index contributed by atoms with van der Waals surface area (Å²) in [6, 6.07) is 5.86. The van der Waals surface area contributed by atoms with E-state index in [0.29, 0.717) is 54.8 Å². The Balaban J connectivity index is 1.66. The van der Waals surface area contributed by atoms with Crippen molar-refractivity contribution in [2.75, 3.05) is 30.0 Å². The molecule has 2 heterocycles. The van der Waals surface area contributed by atoms with Crippen LogP contribution >= 0.6 is 0 Å². The number of hydrogen-bond acceptors (Lipinski definition) is 10. The van der Waals surface area contributed by atoms with Crippen LogP contribution in [0, 0.1) is 0 Å². The van der Waals surface area contributed by atoms with Crippen molar-refractivity contribution in [2.24, 2.45) is 5.73 Å². The molecule has 1 atom stereocenters. The van der Waals surface area contributed by atoms with Crippen molar-refractivity contribution in [3.05, 3.63) is 41.7 Å². The van der Waals surface area contributed by atoms with E-state index >= 15 is 0 Å². The number of carboxylic acid groups (broad SMARTS) is 1. The summed E-state index contributed by atoms with van der Waals surface area (Å²) in [5.74, 6) is -1.32. The van der Waals surface area contributed by atoms with Gasteiger partial charge < -0.3 is 32.5 Å². The molecule has 8 N–H and O–H groups in total. The van der Waals surface area contributed by atoms with Crippen molar-refractivity contribution >= 4 is 40.5 Å². The number of amides is 1. The maximum absolute atomic E-state index is 12.5. The maximum atomic E-state index is 12.5. The van der Waals surface area contributed by atoms with E-state index in [-0.39, 0.29) is 11.8 Å². The summed E-state index contributed by atoms with van der Waals surface area (Å²) in [7, 11) is 1.86. The highest BCUT2D eigenvalue weighted by Crippen LogP contribution is 2.19. The lowest BCUT2D eigenvalue weighted by atomic mass is 10.1. The van der Waals surface area contributed by atoms with E-state index in [9.17, 15) is 14.7 Å². The number of benzene rings is 1. The molecule has 1 aromatic carbocycles. The van der Waals surface area contributed by atoms with Gasteiger partial charge in [0.05, 0.1) is 18.4 Å². The Labute approximate surface area is 190 Å². The first-order chi connectivity index (χ1) is 15.8. The first kappa shape index (κ1) is 23.6. The van der Waals surface area contributed by atoms with E-state index in [4.69, 9.17) is 17.2 Å². The van der Waals surface area contributed by atoms with Crippen LogP contribution in [0.25, 0.3) is 11.2 Å². The maximum Gasteiger partial charge on any atom is 0.326 e. The number of nitrogen functional groups attached to an aromatic ring is 2. The number of anilines is 3. The molecule has 33 heavy (non-hydrogen) atoms. The van der Waals surface area contributed by atoms with Gasteiger partial charge in [0.1, 0.15) is 6.04 Å². The molecular formula is C21H27N9O3. The standard InChI is InChI=1S/C21H27N9O3/c1-30(11-13-10-25-18-16(26-13)17(23)28-21(24)29-18)14-7-5-12(6-8-14)19(31)27-15(20(32)33)4-2-3-9-22/h5-8,10,15H,2-4,9,11,22H2,1H3,(H,27,31)(H,32,33)(H4,23,24,25,28,29)/t15-/m0/s1. The normalized spacial score (nSPS) is 11.8. The molecule has 12 heteroatoms. The van der Waals surface area contributed by atoms with Gasteiger partial charge in [0.15, 0.2) is 17.0 Å². The number of nitrogens with one attached hydrogen (secondary N) is 1. The topological polar surface area (TPSA) is 199 Å². The van der Waals surface area contributed by atoms with Gasteiger partial charge in [-0.05, 0) is 50.1 Å².